The van der Waals surface area contributed by atoms with Crippen LogP contribution in [0.1, 0.15) is 0 Å². The Kier molecular flexibility index (Phi) is 8.29. The van der Waals surface area contributed by atoms with E-state index in [0.29, 0.717) is 13.2 Å². The molecule has 0 aromatic carbocycles. The summed E-state index contributed by atoms with van der Waals surface area (Å²) in [5.41, 5.74) is 7.87. The van der Waals surface area contributed by atoms with Crippen LogP contribution in [-0.4, -0.2) is 31.8 Å². The Morgan fingerprint density at radius 3 is 3.00 bits per heavy atom. The minimum atomic E-state index is 0.435. The van der Waals surface area contributed by atoms with Gasteiger partial charge >= 0.3 is 0 Å². The topological polar surface area (TPSA) is 58.0 Å². The molecule has 0 rings (SSSR count). The van der Waals surface area contributed by atoms with Crippen LogP contribution in [0.2, 0.25) is 0 Å². The molecule has 4 nitrogen and oxygen atoms in total. The Balaban J connectivity index is 2.83. The van der Waals surface area contributed by atoms with E-state index in [1.165, 1.54) is 0 Å². The SMILES string of the molecule is CSCCOCCN=[N+]=[N-]. The summed E-state index contributed by atoms with van der Waals surface area (Å²) in [6.07, 6.45) is 2.02. The highest BCUT2D eigenvalue weighted by molar-refractivity contribution is 7.98. The highest BCUT2D eigenvalue weighted by Gasteiger charge is 1.84. The van der Waals surface area contributed by atoms with Crippen molar-refractivity contribution in [3.8, 4) is 0 Å². The van der Waals surface area contributed by atoms with Gasteiger partial charge < -0.3 is 4.74 Å². The van der Waals surface area contributed by atoms with Crippen LogP contribution in [0.3, 0.4) is 0 Å². The minimum absolute atomic E-state index is 0.435. The summed E-state index contributed by atoms with van der Waals surface area (Å²) in [5, 5.41) is 3.32. The molecular formula is C5H11N3OS. The number of hydrogen-bond donors (Lipinski definition) is 0. The first-order valence-corrected chi connectivity index (χ1v) is 4.38. The van der Waals surface area contributed by atoms with Crippen molar-refractivity contribution >= 4 is 11.8 Å². The van der Waals surface area contributed by atoms with Crippen LogP contribution < -0.4 is 0 Å². The zero-order valence-corrected chi connectivity index (χ0v) is 6.80. The lowest BCUT2D eigenvalue weighted by atomic mass is 10.7. The van der Waals surface area contributed by atoms with Crippen molar-refractivity contribution < 1.29 is 4.74 Å². The van der Waals surface area contributed by atoms with E-state index >= 15 is 0 Å². The maximum atomic E-state index is 7.87. The van der Waals surface area contributed by atoms with E-state index in [1.54, 1.807) is 11.8 Å². The molecule has 0 amide bonds. The van der Waals surface area contributed by atoms with E-state index in [0.717, 1.165) is 12.4 Å². The third-order valence-electron chi connectivity index (χ3n) is 0.831. The maximum absolute atomic E-state index is 7.87. The second-order valence-corrected chi connectivity index (χ2v) is 2.55. The fraction of sp³-hybridized carbons (Fsp3) is 1.00. The van der Waals surface area contributed by atoms with Crippen LogP contribution in [0.15, 0.2) is 5.11 Å². The number of ether oxygens (including phenoxy) is 1. The van der Waals surface area contributed by atoms with Gasteiger partial charge in [0.25, 0.3) is 0 Å². The average Bonchev–Trinajstić information content (AvgIpc) is 1.97. The van der Waals surface area contributed by atoms with Crippen LogP contribution in [0.4, 0.5) is 0 Å². The second-order valence-electron chi connectivity index (χ2n) is 1.56. The summed E-state index contributed by atoms with van der Waals surface area (Å²) in [7, 11) is 0. The summed E-state index contributed by atoms with van der Waals surface area (Å²) in [4.78, 5) is 2.59. The van der Waals surface area contributed by atoms with Crippen LogP contribution in [0, 0.1) is 0 Å². The smallest absolute Gasteiger partial charge is 0.0556 e. The third-order valence-corrected chi connectivity index (χ3v) is 1.41. The first kappa shape index (κ1) is 9.62. The normalized spacial score (nSPS) is 8.90. The zero-order chi connectivity index (χ0) is 7.66. The quantitative estimate of drug-likeness (QED) is 0.257. The zero-order valence-electron chi connectivity index (χ0n) is 5.99. The Labute approximate surface area is 64.6 Å². The Hall–Kier alpha value is -0.380. The molecule has 10 heavy (non-hydrogen) atoms. The Morgan fingerprint density at radius 1 is 1.60 bits per heavy atom. The van der Waals surface area contributed by atoms with Gasteiger partial charge in [0.2, 0.25) is 0 Å². The minimum Gasteiger partial charge on any atom is -0.380 e. The van der Waals surface area contributed by atoms with E-state index in [2.05, 4.69) is 10.0 Å². The molecule has 0 saturated heterocycles. The molecule has 0 N–H and O–H groups in total. The number of hydrogen-bond acceptors (Lipinski definition) is 3. The first-order valence-electron chi connectivity index (χ1n) is 2.99. The van der Waals surface area contributed by atoms with Gasteiger partial charge in [-0.2, -0.15) is 11.8 Å². The molecule has 5 heteroatoms. The standard InChI is InChI=1S/C5H11N3OS/c1-10-5-4-9-3-2-7-8-6/h2-5H2,1H3. The lowest BCUT2D eigenvalue weighted by Crippen LogP contribution is -2.00. The average molecular weight is 161 g/mol. The number of rotatable bonds is 6. The van der Waals surface area contributed by atoms with Gasteiger partial charge in [-0.25, -0.2) is 0 Å². The summed E-state index contributed by atoms with van der Waals surface area (Å²) in [6.45, 7) is 1.71. The molecule has 0 aliphatic rings. The van der Waals surface area contributed by atoms with Crippen molar-refractivity contribution in [3.05, 3.63) is 10.4 Å². The van der Waals surface area contributed by atoms with Crippen LogP contribution in [0.25, 0.3) is 10.4 Å². The fourth-order valence-corrected chi connectivity index (χ4v) is 0.679. The molecule has 0 bridgehead atoms. The number of thioether (sulfide) groups is 1. The monoisotopic (exact) mass is 161 g/mol. The molecule has 0 aromatic heterocycles. The molecule has 0 aliphatic heterocycles. The van der Waals surface area contributed by atoms with Crippen molar-refractivity contribution in [3.63, 3.8) is 0 Å². The summed E-state index contributed by atoms with van der Waals surface area (Å²) in [5.74, 6) is 0.996. The Bertz CT molecular complexity index is 113. The lowest BCUT2D eigenvalue weighted by molar-refractivity contribution is 0.158. The van der Waals surface area contributed by atoms with Gasteiger partial charge in [0.05, 0.1) is 13.2 Å². The van der Waals surface area contributed by atoms with Crippen molar-refractivity contribution in [1.29, 1.82) is 0 Å². The van der Waals surface area contributed by atoms with Gasteiger partial charge in [-0.15, -0.1) is 0 Å². The molecule has 0 heterocycles. The van der Waals surface area contributed by atoms with Crippen LogP contribution in [0.5, 0.6) is 0 Å². The predicted molar refractivity (Wildman–Crippen MR) is 43.2 cm³/mol. The highest BCUT2D eigenvalue weighted by Crippen LogP contribution is 1.89. The molecule has 0 radical (unpaired) electrons. The predicted octanol–water partition coefficient (Wildman–Crippen LogP) is 1.68. The van der Waals surface area contributed by atoms with E-state index < -0.39 is 0 Å². The fourth-order valence-electron chi connectivity index (χ4n) is 0.394. The van der Waals surface area contributed by atoms with Crippen LogP contribution in [-0.2, 0) is 4.74 Å². The number of nitrogens with zero attached hydrogens (tertiary/aromatic N) is 3. The molecule has 58 valence electrons. The van der Waals surface area contributed by atoms with Gasteiger partial charge in [0, 0.05) is 17.2 Å². The molecular weight excluding hydrogens is 150 g/mol. The molecule has 0 aliphatic carbocycles. The van der Waals surface area contributed by atoms with Crippen molar-refractivity contribution in [2.75, 3.05) is 31.8 Å². The van der Waals surface area contributed by atoms with E-state index in [-0.39, 0.29) is 0 Å². The molecule has 0 spiro atoms. The van der Waals surface area contributed by atoms with Gasteiger partial charge in [0.1, 0.15) is 0 Å². The maximum Gasteiger partial charge on any atom is 0.0556 e. The largest absolute Gasteiger partial charge is 0.380 e. The highest BCUT2D eigenvalue weighted by atomic mass is 32.2. The molecule has 0 atom stereocenters. The summed E-state index contributed by atoms with van der Waals surface area (Å²) < 4.78 is 5.09. The van der Waals surface area contributed by atoms with Gasteiger partial charge in [0.15, 0.2) is 0 Å². The van der Waals surface area contributed by atoms with Crippen molar-refractivity contribution in [1.82, 2.24) is 0 Å². The van der Waals surface area contributed by atoms with Gasteiger partial charge in [-0.3, -0.25) is 0 Å². The number of azide groups is 1. The van der Waals surface area contributed by atoms with Crippen molar-refractivity contribution in [2.45, 2.75) is 0 Å². The van der Waals surface area contributed by atoms with Crippen LogP contribution >= 0.6 is 11.8 Å². The third kappa shape index (κ3) is 7.62. The van der Waals surface area contributed by atoms with E-state index in [9.17, 15) is 0 Å². The second kappa shape index (κ2) is 8.62. The molecule has 0 aromatic rings. The molecule has 0 unspecified atom stereocenters. The summed E-state index contributed by atoms with van der Waals surface area (Å²) >= 11 is 1.74. The van der Waals surface area contributed by atoms with E-state index in [4.69, 9.17) is 10.3 Å². The lowest BCUT2D eigenvalue weighted by Gasteiger charge is -1.97. The van der Waals surface area contributed by atoms with Gasteiger partial charge in [-0.1, -0.05) is 5.11 Å². The molecule has 0 fully saturated rings. The first-order chi connectivity index (χ1) is 4.91. The van der Waals surface area contributed by atoms with Gasteiger partial charge in [-0.05, 0) is 11.8 Å². The molecule has 0 saturated carbocycles. The van der Waals surface area contributed by atoms with Crippen molar-refractivity contribution in [2.24, 2.45) is 5.11 Å². The summed E-state index contributed by atoms with van der Waals surface area (Å²) in [6, 6.07) is 0. The Morgan fingerprint density at radius 2 is 2.40 bits per heavy atom. The van der Waals surface area contributed by atoms with E-state index in [1.807, 2.05) is 6.26 Å².